The highest BCUT2D eigenvalue weighted by molar-refractivity contribution is 5.98. The fraction of sp³-hybridized carbons (Fsp3) is 0.235. The minimum atomic E-state index is -0.342. The molecule has 0 radical (unpaired) electrons. The van der Waals surface area contributed by atoms with Crippen LogP contribution in [-0.4, -0.2) is 16.7 Å². The van der Waals surface area contributed by atoms with Gasteiger partial charge in [-0.2, -0.15) is 0 Å². The van der Waals surface area contributed by atoms with E-state index in [1.54, 1.807) is 25.4 Å². The number of carbonyl (C=O) groups excluding carboxylic acids is 2. The molecule has 1 N–H and O–H groups in total. The van der Waals surface area contributed by atoms with Crippen molar-refractivity contribution in [3.8, 4) is 0 Å². The highest BCUT2D eigenvalue weighted by Gasteiger charge is 2.10. The van der Waals surface area contributed by atoms with Crippen LogP contribution in [0, 0.1) is 12.7 Å². The first-order valence-corrected chi connectivity index (χ1v) is 7.01. The van der Waals surface area contributed by atoms with E-state index >= 15 is 0 Å². The Morgan fingerprint density at radius 1 is 1.23 bits per heavy atom. The zero-order valence-electron chi connectivity index (χ0n) is 12.3. The molecule has 0 unspecified atom stereocenters. The molecule has 2 rings (SSSR count). The molecule has 1 heterocycles. The number of halogens is 1. The van der Waals surface area contributed by atoms with E-state index in [1.165, 1.54) is 18.2 Å². The first-order chi connectivity index (χ1) is 10.6. The predicted octanol–water partition coefficient (Wildman–Crippen LogP) is 2.81. The van der Waals surface area contributed by atoms with E-state index in [1.807, 2.05) is 6.07 Å². The quantitative estimate of drug-likeness (QED) is 0.835. The van der Waals surface area contributed by atoms with E-state index in [2.05, 4.69) is 10.3 Å². The molecule has 0 aliphatic heterocycles. The molecule has 1 aromatic carbocycles. The van der Waals surface area contributed by atoms with Gasteiger partial charge in [0, 0.05) is 37.3 Å². The number of aryl methyl sites for hydroxylation is 1. The van der Waals surface area contributed by atoms with Crippen LogP contribution >= 0.6 is 0 Å². The molecule has 22 heavy (non-hydrogen) atoms. The van der Waals surface area contributed by atoms with Gasteiger partial charge in [0.15, 0.2) is 5.78 Å². The Bertz CT molecular complexity index is 672. The van der Waals surface area contributed by atoms with Crippen molar-refractivity contribution in [2.45, 2.75) is 26.3 Å². The molecule has 0 aliphatic carbocycles. The number of pyridine rings is 1. The Labute approximate surface area is 128 Å². The van der Waals surface area contributed by atoms with Gasteiger partial charge in [-0.1, -0.05) is 6.07 Å². The van der Waals surface area contributed by atoms with Gasteiger partial charge in [0.1, 0.15) is 5.82 Å². The molecule has 5 heteroatoms. The molecule has 2 aromatic rings. The van der Waals surface area contributed by atoms with Crippen molar-refractivity contribution in [3.63, 3.8) is 0 Å². The first-order valence-electron chi connectivity index (χ1n) is 7.01. The molecule has 0 spiro atoms. The lowest BCUT2D eigenvalue weighted by atomic mass is 10.0. The number of nitrogens with zero attached hydrogens (tertiary/aromatic N) is 1. The maximum atomic E-state index is 13.2. The number of nitrogens with one attached hydrogen (secondary N) is 1. The van der Waals surface area contributed by atoms with Gasteiger partial charge in [-0.05, 0) is 42.3 Å². The van der Waals surface area contributed by atoms with Crippen molar-refractivity contribution in [1.82, 2.24) is 10.3 Å². The van der Waals surface area contributed by atoms with Crippen LogP contribution in [0.4, 0.5) is 4.39 Å². The van der Waals surface area contributed by atoms with E-state index in [0.717, 1.165) is 5.56 Å². The van der Waals surface area contributed by atoms with Crippen LogP contribution in [0.15, 0.2) is 42.7 Å². The largest absolute Gasteiger partial charge is 0.352 e. The van der Waals surface area contributed by atoms with Crippen LogP contribution in [0.5, 0.6) is 0 Å². The third kappa shape index (κ3) is 4.48. The Morgan fingerprint density at radius 2 is 2.05 bits per heavy atom. The van der Waals surface area contributed by atoms with Gasteiger partial charge in [0.05, 0.1) is 0 Å². The number of ketones is 1. The summed E-state index contributed by atoms with van der Waals surface area (Å²) >= 11 is 0. The van der Waals surface area contributed by atoms with Crippen LogP contribution in [-0.2, 0) is 11.3 Å². The monoisotopic (exact) mass is 300 g/mol. The van der Waals surface area contributed by atoms with Gasteiger partial charge < -0.3 is 5.32 Å². The Balaban J connectivity index is 1.80. The van der Waals surface area contributed by atoms with Crippen molar-refractivity contribution in [3.05, 3.63) is 65.2 Å². The maximum absolute atomic E-state index is 13.2. The van der Waals surface area contributed by atoms with Crippen LogP contribution in [0.1, 0.15) is 34.3 Å². The maximum Gasteiger partial charge on any atom is 0.220 e. The second kappa shape index (κ2) is 7.45. The molecule has 1 aromatic heterocycles. The fourth-order valence-corrected chi connectivity index (χ4v) is 1.98. The normalized spacial score (nSPS) is 10.3. The van der Waals surface area contributed by atoms with Crippen LogP contribution in [0.2, 0.25) is 0 Å². The summed E-state index contributed by atoms with van der Waals surface area (Å²) in [7, 11) is 0. The highest BCUT2D eigenvalue weighted by atomic mass is 19.1. The lowest BCUT2D eigenvalue weighted by Crippen LogP contribution is -2.23. The molecule has 0 saturated heterocycles. The van der Waals surface area contributed by atoms with Crippen LogP contribution in [0.3, 0.4) is 0 Å². The van der Waals surface area contributed by atoms with Gasteiger partial charge in [0.25, 0.3) is 0 Å². The molecule has 0 aliphatic rings. The standard InChI is InChI=1S/C17H17FN2O2/c1-12-9-14(4-5-15(12)18)16(21)6-7-17(22)20-11-13-3-2-8-19-10-13/h2-5,8-10H,6-7,11H2,1H3,(H,20,22). The van der Waals surface area contributed by atoms with Gasteiger partial charge in [-0.25, -0.2) is 4.39 Å². The second-order valence-electron chi connectivity index (χ2n) is 5.03. The number of carbonyl (C=O) groups is 2. The van der Waals surface area contributed by atoms with Crippen molar-refractivity contribution >= 4 is 11.7 Å². The Morgan fingerprint density at radius 3 is 2.73 bits per heavy atom. The van der Waals surface area contributed by atoms with Gasteiger partial charge in [-0.3, -0.25) is 14.6 Å². The van der Waals surface area contributed by atoms with Crippen molar-refractivity contribution in [2.75, 3.05) is 0 Å². The van der Waals surface area contributed by atoms with Crippen LogP contribution in [0.25, 0.3) is 0 Å². The third-order valence-electron chi connectivity index (χ3n) is 3.27. The predicted molar refractivity (Wildman–Crippen MR) is 80.8 cm³/mol. The number of amides is 1. The number of aromatic nitrogens is 1. The summed E-state index contributed by atoms with van der Waals surface area (Å²) in [5.41, 5.74) is 1.75. The number of hydrogen-bond acceptors (Lipinski definition) is 3. The summed E-state index contributed by atoms with van der Waals surface area (Å²) in [6.45, 7) is 1.99. The summed E-state index contributed by atoms with van der Waals surface area (Å²) < 4.78 is 13.2. The van der Waals surface area contributed by atoms with Crippen molar-refractivity contribution in [2.24, 2.45) is 0 Å². The van der Waals surface area contributed by atoms with Crippen LogP contribution < -0.4 is 5.32 Å². The zero-order chi connectivity index (χ0) is 15.9. The molecule has 1 amide bonds. The molecular weight excluding hydrogens is 283 g/mol. The highest BCUT2D eigenvalue weighted by Crippen LogP contribution is 2.12. The summed E-state index contributed by atoms with van der Waals surface area (Å²) in [6.07, 6.45) is 3.54. The molecule has 114 valence electrons. The van der Waals surface area contributed by atoms with E-state index in [9.17, 15) is 14.0 Å². The van der Waals surface area contributed by atoms with Crippen molar-refractivity contribution in [1.29, 1.82) is 0 Å². The number of hydrogen-bond donors (Lipinski definition) is 1. The number of Topliss-reactive ketones (excluding diaryl/α,β-unsaturated/α-hetero) is 1. The molecule has 0 bridgehead atoms. The van der Waals surface area contributed by atoms with Gasteiger partial charge in [0.2, 0.25) is 5.91 Å². The summed E-state index contributed by atoms with van der Waals surface area (Å²) in [6, 6.07) is 7.87. The lowest BCUT2D eigenvalue weighted by molar-refractivity contribution is -0.121. The van der Waals surface area contributed by atoms with Gasteiger partial charge in [-0.15, -0.1) is 0 Å². The van der Waals surface area contributed by atoms with E-state index in [4.69, 9.17) is 0 Å². The molecule has 0 atom stereocenters. The molecular formula is C17H17FN2O2. The summed E-state index contributed by atoms with van der Waals surface area (Å²) in [5, 5.41) is 2.74. The average Bonchev–Trinajstić information content (AvgIpc) is 2.54. The van der Waals surface area contributed by atoms with Gasteiger partial charge >= 0.3 is 0 Å². The lowest BCUT2D eigenvalue weighted by Gasteiger charge is -2.05. The fourth-order valence-electron chi connectivity index (χ4n) is 1.98. The van der Waals surface area contributed by atoms with E-state index in [-0.39, 0.29) is 30.3 Å². The molecule has 0 saturated carbocycles. The zero-order valence-corrected chi connectivity index (χ0v) is 12.3. The minimum absolute atomic E-state index is 0.101. The summed E-state index contributed by atoms with van der Waals surface area (Å²) in [4.78, 5) is 27.7. The smallest absolute Gasteiger partial charge is 0.220 e. The SMILES string of the molecule is Cc1cc(C(=O)CCC(=O)NCc2cccnc2)ccc1F. The third-order valence-corrected chi connectivity index (χ3v) is 3.27. The van der Waals surface area contributed by atoms with E-state index in [0.29, 0.717) is 17.7 Å². The number of benzene rings is 1. The topological polar surface area (TPSA) is 59.1 Å². The number of rotatable bonds is 6. The van der Waals surface area contributed by atoms with Crippen molar-refractivity contribution < 1.29 is 14.0 Å². The van der Waals surface area contributed by atoms with E-state index < -0.39 is 0 Å². The summed E-state index contributed by atoms with van der Waals surface area (Å²) in [5.74, 6) is -0.707. The second-order valence-corrected chi connectivity index (χ2v) is 5.03. The Kier molecular flexibility index (Phi) is 5.36. The molecule has 0 fully saturated rings. The minimum Gasteiger partial charge on any atom is -0.352 e. The Hall–Kier alpha value is -2.56. The average molecular weight is 300 g/mol. The first kappa shape index (κ1) is 15.8. The molecule has 4 nitrogen and oxygen atoms in total.